The first-order valence-electron chi connectivity index (χ1n) is 6.02. The maximum Gasteiger partial charge on any atom is 0.311 e. The van der Waals surface area contributed by atoms with Gasteiger partial charge in [-0.15, -0.1) is 0 Å². The molecule has 1 atom stereocenters. The van der Waals surface area contributed by atoms with Gasteiger partial charge in [-0.2, -0.15) is 0 Å². The second kappa shape index (κ2) is 4.44. The number of aliphatic carboxylic acids is 1. The molecule has 98 valence electrons. The Labute approximate surface area is 105 Å². The van der Waals surface area contributed by atoms with Crippen LogP contribution in [0.4, 0.5) is 5.82 Å². The zero-order valence-electron chi connectivity index (χ0n) is 10.6. The highest BCUT2D eigenvalue weighted by atomic mass is 16.4. The van der Waals surface area contributed by atoms with Gasteiger partial charge in [0.15, 0.2) is 5.82 Å². The molecule has 2 heterocycles. The Kier molecular flexibility index (Phi) is 3.11. The van der Waals surface area contributed by atoms with E-state index in [1.807, 2.05) is 6.92 Å². The molecule has 0 spiro atoms. The van der Waals surface area contributed by atoms with Crippen molar-refractivity contribution in [2.75, 3.05) is 18.0 Å². The molecule has 2 rings (SSSR count). The molecular weight excluding hydrogens is 234 g/mol. The second-order valence-corrected chi connectivity index (χ2v) is 4.88. The number of anilines is 1. The average Bonchev–Trinajstić information content (AvgIpc) is 2.73. The van der Waals surface area contributed by atoms with E-state index in [0.29, 0.717) is 31.9 Å². The van der Waals surface area contributed by atoms with Crippen molar-refractivity contribution >= 4 is 11.8 Å². The van der Waals surface area contributed by atoms with Gasteiger partial charge in [0.05, 0.1) is 5.41 Å². The van der Waals surface area contributed by atoms with Gasteiger partial charge in [0.25, 0.3) is 5.56 Å². The standard InChI is InChI=1S/C12H17N3O3/c1-3-14-7-5-13-9(10(14)16)15-6-4-12(2,8-15)11(17)18/h5,7H,3-4,6,8H2,1-2H3,(H,17,18). The lowest BCUT2D eigenvalue weighted by Crippen LogP contribution is -2.35. The molecule has 6 nitrogen and oxygen atoms in total. The van der Waals surface area contributed by atoms with Crippen molar-refractivity contribution in [1.29, 1.82) is 0 Å². The van der Waals surface area contributed by atoms with Gasteiger partial charge >= 0.3 is 5.97 Å². The summed E-state index contributed by atoms with van der Waals surface area (Å²) < 4.78 is 1.57. The van der Waals surface area contributed by atoms with Crippen LogP contribution in [0, 0.1) is 5.41 Å². The van der Waals surface area contributed by atoms with Crippen LogP contribution in [0.1, 0.15) is 20.3 Å². The molecule has 1 aromatic heterocycles. The van der Waals surface area contributed by atoms with E-state index in [-0.39, 0.29) is 5.56 Å². The molecule has 0 aromatic carbocycles. The molecule has 1 aromatic rings. The summed E-state index contributed by atoms with van der Waals surface area (Å²) >= 11 is 0. The van der Waals surface area contributed by atoms with Crippen LogP contribution < -0.4 is 10.5 Å². The number of carboxylic acids is 1. The first-order chi connectivity index (χ1) is 8.48. The molecule has 0 bridgehead atoms. The summed E-state index contributed by atoms with van der Waals surface area (Å²) in [6, 6.07) is 0. The molecular formula is C12H17N3O3. The van der Waals surface area contributed by atoms with Gasteiger partial charge in [-0.3, -0.25) is 9.59 Å². The quantitative estimate of drug-likeness (QED) is 0.849. The fraction of sp³-hybridized carbons (Fsp3) is 0.583. The Morgan fingerprint density at radius 3 is 2.89 bits per heavy atom. The van der Waals surface area contributed by atoms with Gasteiger partial charge < -0.3 is 14.6 Å². The molecule has 0 radical (unpaired) electrons. The number of aryl methyl sites for hydroxylation is 1. The first-order valence-corrected chi connectivity index (χ1v) is 6.02. The number of rotatable bonds is 3. The zero-order valence-corrected chi connectivity index (χ0v) is 10.6. The van der Waals surface area contributed by atoms with Gasteiger partial charge in [0, 0.05) is 32.0 Å². The Hall–Kier alpha value is -1.85. The Morgan fingerprint density at radius 2 is 2.33 bits per heavy atom. The lowest BCUT2D eigenvalue weighted by atomic mass is 9.90. The van der Waals surface area contributed by atoms with E-state index >= 15 is 0 Å². The number of carboxylic acid groups (broad SMARTS) is 1. The molecule has 18 heavy (non-hydrogen) atoms. The summed E-state index contributed by atoms with van der Waals surface area (Å²) in [7, 11) is 0. The fourth-order valence-corrected chi connectivity index (χ4v) is 2.22. The number of hydrogen-bond acceptors (Lipinski definition) is 4. The van der Waals surface area contributed by atoms with E-state index in [1.165, 1.54) is 0 Å². The van der Waals surface area contributed by atoms with Gasteiger partial charge in [-0.1, -0.05) is 0 Å². The van der Waals surface area contributed by atoms with Gasteiger partial charge in [0.2, 0.25) is 0 Å². The van der Waals surface area contributed by atoms with E-state index in [2.05, 4.69) is 4.98 Å². The molecule has 1 unspecified atom stereocenters. The van der Waals surface area contributed by atoms with Crippen LogP contribution in [0.2, 0.25) is 0 Å². The molecule has 0 aliphatic carbocycles. The number of aromatic nitrogens is 2. The highest BCUT2D eigenvalue weighted by molar-refractivity contribution is 5.76. The van der Waals surface area contributed by atoms with Crippen LogP contribution in [0.15, 0.2) is 17.2 Å². The predicted octanol–water partition coefficient (Wildman–Crippen LogP) is 0.564. The van der Waals surface area contributed by atoms with Gasteiger partial charge in [-0.25, -0.2) is 4.98 Å². The van der Waals surface area contributed by atoms with E-state index in [1.54, 1.807) is 28.8 Å². The third-order valence-corrected chi connectivity index (χ3v) is 3.53. The normalized spacial score (nSPS) is 23.3. The Balaban J connectivity index is 2.30. The van der Waals surface area contributed by atoms with Crippen molar-refractivity contribution in [3.63, 3.8) is 0 Å². The lowest BCUT2D eigenvalue weighted by Gasteiger charge is -2.20. The third-order valence-electron chi connectivity index (χ3n) is 3.53. The van der Waals surface area contributed by atoms with Crippen molar-refractivity contribution in [2.24, 2.45) is 5.41 Å². The second-order valence-electron chi connectivity index (χ2n) is 4.88. The maximum absolute atomic E-state index is 12.1. The third kappa shape index (κ3) is 1.98. The molecule has 0 amide bonds. The fourth-order valence-electron chi connectivity index (χ4n) is 2.22. The molecule has 1 fully saturated rings. The summed E-state index contributed by atoms with van der Waals surface area (Å²) in [6.45, 7) is 5.06. The van der Waals surface area contributed by atoms with Crippen LogP contribution in [-0.4, -0.2) is 33.7 Å². The molecule has 1 N–H and O–H groups in total. The van der Waals surface area contributed by atoms with E-state index in [4.69, 9.17) is 0 Å². The summed E-state index contributed by atoms with van der Waals surface area (Å²) in [6.07, 6.45) is 3.75. The van der Waals surface area contributed by atoms with Crippen LogP contribution in [0.3, 0.4) is 0 Å². The Morgan fingerprint density at radius 1 is 1.61 bits per heavy atom. The van der Waals surface area contributed by atoms with Crippen LogP contribution in [-0.2, 0) is 11.3 Å². The van der Waals surface area contributed by atoms with Crippen LogP contribution >= 0.6 is 0 Å². The minimum Gasteiger partial charge on any atom is -0.481 e. The highest BCUT2D eigenvalue weighted by Crippen LogP contribution is 2.31. The van der Waals surface area contributed by atoms with Crippen molar-refractivity contribution in [1.82, 2.24) is 9.55 Å². The SMILES string of the molecule is CCn1ccnc(N2CCC(C)(C(=O)O)C2)c1=O. The summed E-state index contributed by atoms with van der Waals surface area (Å²) in [5.74, 6) is -0.471. The largest absolute Gasteiger partial charge is 0.481 e. The first kappa shape index (κ1) is 12.6. The van der Waals surface area contributed by atoms with Crippen LogP contribution in [0.25, 0.3) is 0 Å². The van der Waals surface area contributed by atoms with Crippen molar-refractivity contribution in [3.05, 3.63) is 22.7 Å². The van der Waals surface area contributed by atoms with Gasteiger partial charge in [-0.05, 0) is 20.3 Å². The molecule has 1 aliphatic rings. The summed E-state index contributed by atoms with van der Waals surface area (Å²) in [5.41, 5.74) is -0.948. The summed E-state index contributed by atoms with van der Waals surface area (Å²) in [5, 5.41) is 9.18. The Bertz CT molecular complexity index is 526. The number of carbonyl (C=O) groups is 1. The topological polar surface area (TPSA) is 75.4 Å². The maximum atomic E-state index is 12.1. The van der Waals surface area contributed by atoms with Crippen molar-refractivity contribution in [3.8, 4) is 0 Å². The summed E-state index contributed by atoms with van der Waals surface area (Å²) in [4.78, 5) is 29.1. The van der Waals surface area contributed by atoms with Crippen molar-refractivity contribution in [2.45, 2.75) is 26.8 Å². The molecule has 6 heteroatoms. The van der Waals surface area contributed by atoms with Gasteiger partial charge in [0.1, 0.15) is 0 Å². The van der Waals surface area contributed by atoms with E-state index in [0.717, 1.165) is 0 Å². The minimum absolute atomic E-state index is 0.158. The zero-order chi connectivity index (χ0) is 13.3. The highest BCUT2D eigenvalue weighted by Gasteiger charge is 2.41. The van der Waals surface area contributed by atoms with E-state index < -0.39 is 11.4 Å². The average molecular weight is 251 g/mol. The monoisotopic (exact) mass is 251 g/mol. The number of hydrogen-bond donors (Lipinski definition) is 1. The molecule has 1 aliphatic heterocycles. The molecule has 1 saturated heterocycles. The van der Waals surface area contributed by atoms with Crippen LogP contribution in [0.5, 0.6) is 0 Å². The van der Waals surface area contributed by atoms with E-state index in [9.17, 15) is 14.7 Å². The predicted molar refractivity (Wildman–Crippen MR) is 66.7 cm³/mol. The minimum atomic E-state index is -0.822. The smallest absolute Gasteiger partial charge is 0.311 e. The number of nitrogens with zero attached hydrogens (tertiary/aromatic N) is 3. The lowest BCUT2D eigenvalue weighted by molar-refractivity contribution is -0.146. The van der Waals surface area contributed by atoms with Crippen molar-refractivity contribution < 1.29 is 9.90 Å². The molecule has 0 saturated carbocycles.